The molecule has 0 bridgehead atoms. The van der Waals surface area contributed by atoms with E-state index in [0.29, 0.717) is 24.6 Å². The molecular formula is C26H26N4O2S. The van der Waals surface area contributed by atoms with Gasteiger partial charge in [-0.3, -0.25) is 9.69 Å². The zero-order chi connectivity index (χ0) is 22.5. The van der Waals surface area contributed by atoms with Crippen molar-refractivity contribution < 1.29 is 9.32 Å². The first-order valence-electron chi connectivity index (χ1n) is 11.2. The third kappa shape index (κ3) is 5.05. The molecular weight excluding hydrogens is 432 g/mol. The Balaban J connectivity index is 1.19. The van der Waals surface area contributed by atoms with Gasteiger partial charge in [0.2, 0.25) is 17.6 Å². The summed E-state index contributed by atoms with van der Waals surface area (Å²) in [4.78, 5) is 21.7. The largest absolute Gasteiger partial charge is 0.340 e. The monoisotopic (exact) mass is 458 g/mol. The van der Waals surface area contributed by atoms with Gasteiger partial charge in [0.15, 0.2) is 0 Å². The molecule has 33 heavy (non-hydrogen) atoms. The van der Waals surface area contributed by atoms with Crippen molar-refractivity contribution >= 4 is 17.2 Å². The first-order chi connectivity index (χ1) is 16.3. The summed E-state index contributed by atoms with van der Waals surface area (Å²) in [7, 11) is 0. The van der Waals surface area contributed by atoms with Crippen LogP contribution in [0.15, 0.2) is 82.0 Å². The van der Waals surface area contributed by atoms with Crippen molar-refractivity contribution in [3.63, 3.8) is 0 Å². The summed E-state index contributed by atoms with van der Waals surface area (Å²) >= 11 is 1.59. The highest BCUT2D eigenvalue weighted by molar-refractivity contribution is 7.08. The normalized spacial score (nSPS) is 14.6. The van der Waals surface area contributed by atoms with E-state index in [0.717, 1.165) is 31.7 Å². The summed E-state index contributed by atoms with van der Waals surface area (Å²) in [5.41, 5.74) is 3.51. The predicted molar refractivity (Wildman–Crippen MR) is 129 cm³/mol. The highest BCUT2D eigenvalue weighted by Crippen LogP contribution is 2.29. The number of benzene rings is 2. The maximum atomic E-state index is 12.8. The number of hydrogen-bond donors (Lipinski definition) is 0. The fourth-order valence-corrected chi connectivity index (χ4v) is 4.99. The second-order valence-electron chi connectivity index (χ2n) is 8.16. The lowest BCUT2D eigenvalue weighted by Gasteiger charge is -2.39. The van der Waals surface area contributed by atoms with E-state index < -0.39 is 0 Å². The molecule has 1 amide bonds. The number of aryl methyl sites for hydroxylation is 1. The second kappa shape index (κ2) is 10.1. The molecule has 7 heteroatoms. The first-order valence-corrected chi connectivity index (χ1v) is 12.2. The van der Waals surface area contributed by atoms with Crippen LogP contribution in [0.25, 0.3) is 11.4 Å². The summed E-state index contributed by atoms with van der Waals surface area (Å²) in [5, 5.41) is 7.99. The summed E-state index contributed by atoms with van der Waals surface area (Å²) in [6.45, 7) is 3.12. The Bertz CT molecular complexity index is 1110. The maximum absolute atomic E-state index is 12.8. The number of piperazine rings is 1. The van der Waals surface area contributed by atoms with Crippen molar-refractivity contribution in [1.82, 2.24) is 19.9 Å². The molecule has 0 atom stereocenters. The molecule has 0 aliphatic carbocycles. The highest BCUT2D eigenvalue weighted by atomic mass is 32.1. The third-order valence-electron chi connectivity index (χ3n) is 6.06. The van der Waals surface area contributed by atoms with Gasteiger partial charge in [0.1, 0.15) is 0 Å². The standard InChI is InChI=1S/C26H26N4O2S/c31-24(12-11-23-27-26(28-32-23)22-13-18-33-19-22)29-14-16-30(17-15-29)25(20-7-3-1-4-8-20)21-9-5-2-6-10-21/h1-10,13,18-19,25H,11-12,14-17H2. The lowest BCUT2D eigenvalue weighted by Crippen LogP contribution is -2.49. The van der Waals surface area contributed by atoms with Gasteiger partial charge in [-0.05, 0) is 22.6 Å². The van der Waals surface area contributed by atoms with Crippen molar-refractivity contribution in [2.24, 2.45) is 0 Å². The van der Waals surface area contributed by atoms with E-state index in [1.165, 1.54) is 11.1 Å². The van der Waals surface area contributed by atoms with E-state index in [2.05, 4.69) is 75.7 Å². The van der Waals surface area contributed by atoms with Crippen molar-refractivity contribution in [2.75, 3.05) is 26.2 Å². The van der Waals surface area contributed by atoms with Crippen LogP contribution >= 0.6 is 11.3 Å². The molecule has 6 nitrogen and oxygen atoms in total. The van der Waals surface area contributed by atoms with Crippen molar-refractivity contribution in [3.8, 4) is 11.4 Å². The molecule has 0 saturated carbocycles. The Morgan fingerprint density at radius 1 is 0.939 bits per heavy atom. The molecule has 1 aliphatic rings. The SMILES string of the molecule is O=C(CCc1nc(-c2ccsc2)no1)N1CCN(C(c2ccccc2)c2ccccc2)CC1. The van der Waals surface area contributed by atoms with Crippen LogP contribution in [-0.4, -0.2) is 52.0 Å². The number of carbonyl (C=O) groups is 1. The van der Waals surface area contributed by atoms with E-state index in [9.17, 15) is 4.79 Å². The van der Waals surface area contributed by atoms with Gasteiger partial charge < -0.3 is 9.42 Å². The number of nitrogens with zero attached hydrogens (tertiary/aromatic N) is 4. The molecule has 2 aromatic carbocycles. The molecule has 168 valence electrons. The van der Waals surface area contributed by atoms with Crippen molar-refractivity contribution in [3.05, 3.63) is 94.5 Å². The van der Waals surface area contributed by atoms with Gasteiger partial charge in [0.25, 0.3) is 0 Å². The molecule has 3 heterocycles. The van der Waals surface area contributed by atoms with E-state index in [1.54, 1.807) is 11.3 Å². The lowest BCUT2D eigenvalue weighted by molar-refractivity contribution is -0.133. The van der Waals surface area contributed by atoms with E-state index in [4.69, 9.17) is 4.52 Å². The molecule has 0 unspecified atom stereocenters. The van der Waals surface area contributed by atoms with Gasteiger partial charge in [-0.1, -0.05) is 65.8 Å². The number of aromatic nitrogens is 2. The molecule has 2 aromatic heterocycles. The topological polar surface area (TPSA) is 62.5 Å². The average Bonchev–Trinajstić information content (AvgIpc) is 3.57. The van der Waals surface area contributed by atoms with Crippen LogP contribution < -0.4 is 0 Å². The van der Waals surface area contributed by atoms with Crippen LogP contribution in [0.2, 0.25) is 0 Å². The molecule has 4 aromatic rings. The molecule has 1 saturated heterocycles. The molecule has 5 rings (SSSR count). The molecule has 0 N–H and O–H groups in total. The van der Waals surface area contributed by atoms with Crippen LogP contribution in [0.4, 0.5) is 0 Å². The number of rotatable bonds is 7. The van der Waals surface area contributed by atoms with Crippen LogP contribution in [0, 0.1) is 0 Å². The van der Waals surface area contributed by atoms with Crippen LogP contribution in [0.5, 0.6) is 0 Å². The second-order valence-corrected chi connectivity index (χ2v) is 8.94. The maximum Gasteiger partial charge on any atom is 0.227 e. The Kier molecular flexibility index (Phi) is 6.60. The number of hydrogen-bond acceptors (Lipinski definition) is 6. The Morgan fingerprint density at radius 2 is 1.61 bits per heavy atom. The molecule has 1 fully saturated rings. The summed E-state index contributed by atoms with van der Waals surface area (Å²) in [6.07, 6.45) is 0.846. The fraction of sp³-hybridized carbons (Fsp3) is 0.269. The number of thiophene rings is 1. The summed E-state index contributed by atoms with van der Waals surface area (Å²) < 4.78 is 5.34. The Morgan fingerprint density at radius 3 is 2.21 bits per heavy atom. The van der Waals surface area contributed by atoms with Gasteiger partial charge in [-0.15, -0.1) is 0 Å². The zero-order valence-electron chi connectivity index (χ0n) is 18.3. The average molecular weight is 459 g/mol. The van der Waals surface area contributed by atoms with Crippen LogP contribution in [-0.2, 0) is 11.2 Å². The highest BCUT2D eigenvalue weighted by Gasteiger charge is 2.28. The van der Waals surface area contributed by atoms with E-state index >= 15 is 0 Å². The fourth-order valence-electron chi connectivity index (χ4n) is 4.35. The predicted octanol–water partition coefficient (Wildman–Crippen LogP) is 4.66. The Hall–Kier alpha value is -3.29. The van der Waals surface area contributed by atoms with Crippen LogP contribution in [0.1, 0.15) is 29.5 Å². The smallest absolute Gasteiger partial charge is 0.227 e. The number of amides is 1. The van der Waals surface area contributed by atoms with Gasteiger partial charge in [-0.25, -0.2) is 0 Å². The van der Waals surface area contributed by atoms with E-state index in [1.807, 2.05) is 21.7 Å². The molecule has 0 spiro atoms. The van der Waals surface area contributed by atoms with Gasteiger partial charge in [0.05, 0.1) is 6.04 Å². The van der Waals surface area contributed by atoms with Gasteiger partial charge in [0, 0.05) is 50.0 Å². The third-order valence-corrected chi connectivity index (χ3v) is 6.75. The summed E-state index contributed by atoms with van der Waals surface area (Å²) in [6, 6.07) is 23.4. The minimum Gasteiger partial charge on any atom is -0.340 e. The van der Waals surface area contributed by atoms with Gasteiger partial charge in [-0.2, -0.15) is 16.3 Å². The molecule has 0 radical (unpaired) electrons. The minimum absolute atomic E-state index is 0.140. The summed E-state index contributed by atoms with van der Waals surface area (Å²) in [5.74, 6) is 1.23. The van der Waals surface area contributed by atoms with Crippen molar-refractivity contribution in [1.29, 1.82) is 0 Å². The van der Waals surface area contributed by atoms with Crippen molar-refractivity contribution in [2.45, 2.75) is 18.9 Å². The minimum atomic E-state index is 0.140. The number of carbonyl (C=O) groups excluding carboxylic acids is 1. The molecule has 1 aliphatic heterocycles. The Labute approximate surface area is 197 Å². The van der Waals surface area contributed by atoms with E-state index in [-0.39, 0.29) is 11.9 Å². The quantitative estimate of drug-likeness (QED) is 0.403. The lowest BCUT2D eigenvalue weighted by atomic mass is 9.96. The zero-order valence-corrected chi connectivity index (χ0v) is 19.2. The van der Waals surface area contributed by atoms with Gasteiger partial charge >= 0.3 is 0 Å². The van der Waals surface area contributed by atoms with Crippen LogP contribution in [0.3, 0.4) is 0 Å². The first kappa shape index (κ1) is 21.6.